The molecular weight excluding hydrogens is 494 g/mol. The Balaban J connectivity index is 1.72. The number of thiol groups is 1. The van der Waals surface area contributed by atoms with E-state index in [9.17, 15) is 29.1 Å². The zero-order valence-corrected chi connectivity index (χ0v) is 21.9. The SMILES string of the molecule is CC(C)C[C@H](NC(=O)C(S)CCN1C(=O)c2ccccc2C1=O)C(=O)N(c1ccccc1)[C@@H](C)C(=O)O. The maximum atomic E-state index is 13.6. The van der Waals surface area contributed by atoms with E-state index >= 15 is 0 Å². The van der Waals surface area contributed by atoms with E-state index in [1.54, 1.807) is 54.6 Å². The number of para-hydroxylation sites is 1. The van der Waals surface area contributed by atoms with Crippen molar-refractivity contribution in [2.24, 2.45) is 5.92 Å². The summed E-state index contributed by atoms with van der Waals surface area (Å²) in [5.41, 5.74) is 1.05. The van der Waals surface area contributed by atoms with Crippen LogP contribution in [-0.4, -0.2) is 63.5 Å². The van der Waals surface area contributed by atoms with Gasteiger partial charge in [0.1, 0.15) is 12.1 Å². The fourth-order valence-corrected chi connectivity index (χ4v) is 4.38. The molecule has 0 saturated heterocycles. The number of carbonyl (C=O) groups excluding carboxylic acids is 4. The number of nitrogens with zero attached hydrogens (tertiary/aromatic N) is 2. The van der Waals surface area contributed by atoms with E-state index in [2.05, 4.69) is 17.9 Å². The third kappa shape index (κ3) is 6.37. The van der Waals surface area contributed by atoms with E-state index in [0.717, 1.165) is 4.90 Å². The van der Waals surface area contributed by atoms with Gasteiger partial charge in [0.25, 0.3) is 11.8 Å². The molecule has 2 N–H and O–H groups in total. The minimum Gasteiger partial charge on any atom is -0.480 e. The molecule has 9 nitrogen and oxygen atoms in total. The number of carbonyl (C=O) groups is 5. The van der Waals surface area contributed by atoms with Gasteiger partial charge in [-0.05, 0) is 49.9 Å². The van der Waals surface area contributed by atoms with Crippen molar-refractivity contribution in [3.05, 3.63) is 65.7 Å². The molecule has 1 unspecified atom stereocenters. The number of fused-ring (bicyclic) bond motifs is 1. The standard InChI is InChI=1S/C27H31N3O6S/c1-16(2)15-21(26(34)30(17(3)27(35)36)18-9-5-4-6-10-18)28-23(31)22(37)13-14-29-24(32)19-11-7-8-12-20(19)25(29)33/h4-12,16-17,21-22,37H,13-15H2,1-3H3,(H,28,31)(H,35,36)/t17-,21-,22?/m0/s1. The van der Waals surface area contributed by atoms with Crippen LogP contribution in [0.3, 0.4) is 0 Å². The largest absolute Gasteiger partial charge is 0.480 e. The summed E-state index contributed by atoms with van der Waals surface area (Å²) in [6.45, 7) is 5.18. The molecule has 0 fully saturated rings. The van der Waals surface area contributed by atoms with Crippen molar-refractivity contribution < 1.29 is 29.1 Å². The molecular formula is C27H31N3O6S. The molecule has 1 heterocycles. The predicted molar refractivity (Wildman–Crippen MR) is 142 cm³/mol. The molecule has 1 aliphatic rings. The number of carboxylic acids is 1. The van der Waals surface area contributed by atoms with Crippen LogP contribution < -0.4 is 10.2 Å². The highest BCUT2D eigenvalue weighted by atomic mass is 32.1. The number of carboxylic acid groups (broad SMARTS) is 1. The number of aliphatic carboxylic acids is 1. The lowest BCUT2D eigenvalue weighted by Crippen LogP contribution is -2.55. The van der Waals surface area contributed by atoms with Crippen LogP contribution in [0.2, 0.25) is 0 Å². The fraction of sp³-hybridized carbons (Fsp3) is 0.370. The van der Waals surface area contributed by atoms with Gasteiger partial charge in [0.15, 0.2) is 0 Å². The zero-order valence-electron chi connectivity index (χ0n) is 21.0. The van der Waals surface area contributed by atoms with Crippen LogP contribution in [0.15, 0.2) is 54.6 Å². The highest BCUT2D eigenvalue weighted by molar-refractivity contribution is 7.81. The molecule has 0 aromatic heterocycles. The summed E-state index contributed by atoms with van der Waals surface area (Å²) in [7, 11) is 0. The fourth-order valence-electron chi connectivity index (χ4n) is 4.19. The Morgan fingerprint density at radius 2 is 1.49 bits per heavy atom. The highest BCUT2D eigenvalue weighted by Crippen LogP contribution is 2.24. The van der Waals surface area contributed by atoms with Crippen LogP contribution in [0.4, 0.5) is 5.69 Å². The second-order valence-corrected chi connectivity index (χ2v) is 9.98. The number of anilines is 1. The van der Waals surface area contributed by atoms with Crippen molar-refractivity contribution in [3.63, 3.8) is 0 Å². The van der Waals surface area contributed by atoms with Gasteiger partial charge in [0.05, 0.1) is 16.4 Å². The monoisotopic (exact) mass is 525 g/mol. The molecule has 3 rings (SSSR count). The smallest absolute Gasteiger partial charge is 0.326 e. The number of hydrogen-bond acceptors (Lipinski definition) is 6. The van der Waals surface area contributed by atoms with E-state index in [4.69, 9.17) is 0 Å². The second kappa shape index (κ2) is 12.1. The average Bonchev–Trinajstić information content (AvgIpc) is 3.11. The maximum absolute atomic E-state index is 13.6. The van der Waals surface area contributed by atoms with Crippen molar-refractivity contribution in [2.45, 2.75) is 50.9 Å². The molecule has 0 spiro atoms. The van der Waals surface area contributed by atoms with Gasteiger partial charge in [-0.25, -0.2) is 4.79 Å². The Labute approximate surface area is 221 Å². The van der Waals surface area contributed by atoms with Crippen LogP contribution in [0, 0.1) is 5.92 Å². The average molecular weight is 526 g/mol. The van der Waals surface area contributed by atoms with Gasteiger partial charge in [-0.2, -0.15) is 12.6 Å². The minimum absolute atomic E-state index is 0.0110. The van der Waals surface area contributed by atoms with Crippen LogP contribution >= 0.6 is 12.6 Å². The molecule has 0 radical (unpaired) electrons. The molecule has 3 atom stereocenters. The second-order valence-electron chi connectivity index (χ2n) is 9.36. The molecule has 2 aromatic carbocycles. The Morgan fingerprint density at radius 1 is 0.946 bits per heavy atom. The van der Waals surface area contributed by atoms with Crippen molar-refractivity contribution in [1.82, 2.24) is 10.2 Å². The summed E-state index contributed by atoms with van der Waals surface area (Å²) in [5.74, 6) is -3.10. The summed E-state index contributed by atoms with van der Waals surface area (Å²) in [6, 6.07) is 12.8. The van der Waals surface area contributed by atoms with Crippen LogP contribution in [0.1, 0.15) is 54.3 Å². The van der Waals surface area contributed by atoms with E-state index in [1.165, 1.54) is 11.8 Å². The summed E-state index contributed by atoms with van der Waals surface area (Å²) < 4.78 is 0. The molecule has 196 valence electrons. The van der Waals surface area contributed by atoms with Gasteiger partial charge >= 0.3 is 5.97 Å². The molecule has 37 heavy (non-hydrogen) atoms. The summed E-state index contributed by atoms with van der Waals surface area (Å²) in [6.07, 6.45) is 0.357. The Bertz CT molecular complexity index is 1150. The summed E-state index contributed by atoms with van der Waals surface area (Å²) in [5, 5.41) is 11.4. The quantitative estimate of drug-likeness (QED) is 0.306. The lowest BCUT2D eigenvalue weighted by molar-refractivity contribution is -0.140. The van der Waals surface area contributed by atoms with Gasteiger partial charge in [0.2, 0.25) is 11.8 Å². The van der Waals surface area contributed by atoms with Crippen LogP contribution in [-0.2, 0) is 14.4 Å². The van der Waals surface area contributed by atoms with Crippen molar-refractivity contribution in [3.8, 4) is 0 Å². The molecule has 1 aliphatic heterocycles. The van der Waals surface area contributed by atoms with Crippen molar-refractivity contribution in [1.29, 1.82) is 0 Å². The Morgan fingerprint density at radius 3 is 2.00 bits per heavy atom. The van der Waals surface area contributed by atoms with Gasteiger partial charge in [-0.15, -0.1) is 0 Å². The summed E-state index contributed by atoms with van der Waals surface area (Å²) in [4.78, 5) is 65.8. The summed E-state index contributed by atoms with van der Waals surface area (Å²) >= 11 is 4.37. The number of imide groups is 1. The van der Waals surface area contributed by atoms with Crippen LogP contribution in [0.5, 0.6) is 0 Å². The zero-order chi connectivity index (χ0) is 27.3. The number of benzene rings is 2. The maximum Gasteiger partial charge on any atom is 0.326 e. The first kappa shape index (κ1) is 27.9. The lowest BCUT2D eigenvalue weighted by Gasteiger charge is -2.32. The third-order valence-corrected chi connectivity index (χ3v) is 6.64. The van der Waals surface area contributed by atoms with E-state index in [-0.39, 0.29) is 25.3 Å². The van der Waals surface area contributed by atoms with E-state index in [0.29, 0.717) is 16.8 Å². The number of rotatable bonds is 11. The molecule has 10 heteroatoms. The molecule has 0 aliphatic carbocycles. The topological polar surface area (TPSA) is 124 Å². The van der Waals surface area contributed by atoms with E-state index in [1.807, 2.05) is 13.8 Å². The first-order valence-electron chi connectivity index (χ1n) is 12.1. The first-order valence-corrected chi connectivity index (χ1v) is 12.6. The number of hydrogen-bond donors (Lipinski definition) is 3. The normalized spacial score (nSPS) is 15.2. The molecule has 0 saturated carbocycles. The predicted octanol–water partition coefficient (Wildman–Crippen LogP) is 3.01. The van der Waals surface area contributed by atoms with Crippen LogP contribution in [0.25, 0.3) is 0 Å². The van der Waals surface area contributed by atoms with E-state index < -0.39 is 46.9 Å². The molecule has 2 aromatic rings. The van der Waals surface area contributed by atoms with Gasteiger partial charge < -0.3 is 10.4 Å². The minimum atomic E-state index is -1.18. The van der Waals surface area contributed by atoms with Gasteiger partial charge in [-0.3, -0.25) is 29.0 Å². The van der Waals surface area contributed by atoms with Crippen molar-refractivity contribution in [2.75, 3.05) is 11.4 Å². The Hall–Kier alpha value is -3.66. The number of amides is 4. The number of nitrogens with one attached hydrogen (secondary N) is 1. The van der Waals surface area contributed by atoms with Crippen molar-refractivity contribution >= 4 is 47.9 Å². The highest BCUT2D eigenvalue weighted by Gasteiger charge is 2.37. The molecule has 4 amide bonds. The van der Waals surface area contributed by atoms with Gasteiger partial charge in [-0.1, -0.05) is 44.2 Å². The lowest BCUT2D eigenvalue weighted by atomic mass is 10.0. The molecule has 0 bridgehead atoms. The van der Waals surface area contributed by atoms with Gasteiger partial charge in [0, 0.05) is 12.2 Å². The third-order valence-electron chi connectivity index (χ3n) is 6.15. The Kier molecular flexibility index (Phi) is 9.09. The first-order chi connectivity index (χ1) is 17.5.